The van der Waals surface area contributed by atoms with E-state index in [1.807, 2.05) is 0 Å². The maximum absolute atomic E-state index is 12.8. The number of furan rings is 1. The van der Waals surface area contributed by atoms with E-state index in [1.165, 1.54) is 12.1 Å². The SMILES string of the molecule is O=COCc1cc2ccc(F)cc2o1. The van der Waals surface area contributed by atoms with Gasteiger partial charge in [0.2, 0.25) is 0 Å². The fourth-order valence-electron chi connectivity index (χ4n) is 1.25. The van der Waals surface area contributed by atoms with Crippen molar-refractivity contribution in [2.75, 3.05) is 0 Å². The van der Waals surface area contributed by atoms with Crippen molar-refractivity contribution in [2.24, 2.45) is 0 Å². The van der Waals surface area contributed by atoms with E-state index >= 15 is 0 Å². The third-order valence-electron chi connectivity index (χ3n) is 1.83. The smallest absolute Gasteiger partial charge is 0.293 e. The van der Waals surface area contributed by atoms with Gasteiger partial charge in [-0.3, -0.25) is 4.79 Å². The Kier molecular flexibility index (Phi) is 2.18. The van der Waals surface area contributed by atoms with Gasteiger partial charge in [-0.15, -0.1) is 0 Å². The Morgan fingerprint density at radius 1 is 1.43 bits per heavy atom. The van der Waals surface area contributed by atoms with Crippen molar-refractivity contribution in [1.29, 1.82) is 0 Å². The zero-order valence-electron chi connectivity index (χ0n) is 7.20. The average molecular weight is 194 g/mol. The Morgan fingerprint density at radius 2 is 2.29 bits per heavy atom. The highest BCUT2D eigenvalue weighted by Gasteiger charge is 2.04. The van der Waals surface area contributed by atoms with E-state index in [9.17, 15) is 9.18 Å². The minimum absolute atomic E-state index is 0.0692. The average Bonchev–Trinajstić information content (AvgIpc) is 2.56. The topological polar surface area (TPSA) is 39.4 Å². The molecule has 0 aliphatic rings. The highest BCUT2D eigenvalue weighted by molar-refractivity contribution is 5.77. The Labute approximate surface area is 79.1 Å². The Bertz CT molecular complexity index is 461. The normalized spacial score (nSPS) is 10.4. The number of carbonyl (C=O) groups is 1. The second kappa shape index (κ2) is 3.49. The molecular weight excluding hydrogens is 187 g/mol. The fraction of sp³-hybridized carbons (Fsp3) is 0.100. The highest BCUT2D eigenvalue weighted by Crippen LogP contribution is 2.20. The van der Waals surface area contributed by atoms with Gasteiger partial charge in [-0.05, 0) is 18.2 Å². The lowest BCUT2D eigenvalue weighted by atomic mass is 10.2. The molecule has 0 amide bonds. The van der Waals surface area contributed by atoms with Crippen LogP contribution in [0, 0.1) is 5.82 Å². The van der Waals surface area contributed by atoms with Crippen molar-refractivity contribution >= 4 is 17.4 Å². The molecule has 72 valence electrons. The third-order valence-corrected chi connectivity index (χ3v) is 1.83. The van der Waals surface area contributed by atoms with Gasteiger partial charge in [0.05, 0.1) is 0 Å². The van der Waals surface area contributed by atoms with Crippen LogP contribution in [0.5, 0.6) is 0 Å². The second-order valence-corrected chi connectivity index (χ2v) is 2.80. The van der Waals surface area contributed by atoms with Gasteiger partial charge in [0.25, 0.3) is 6.47 Å². The van der Waals surface area contributed by atoms with Crippen molar-refractivity contribution in [1.82, 2.24) is 0 Å². The molecule has 0 aliphatic carbocycles. The van der Waals surface area contributed by atoms with E-state index in [2.05, 4.69) is 4.74 Å². The summed E-state index contributed by atoms with van der Waals surface area (Å²) in [6, 6.07) is 5.96. The van der Waals surface area contributed by atoms with Crippen LogP contribution in [0.1, 0.15) is 5.76 Å². The number of ether oxygens (including phenoxy) is 1. The van der Waals surface area contributed by atoms with E-state index in [4.69, 9.17) is 4.42 Å². The lowest BCUT2D eigenvalue weighted by Crippen LogP contribution is -1.85. The molecule has 0 atom stereocenters. The number of hydrogen-bond acceptors (Lipinski definition) is 3. The zero-order chi connectivity index (χ0) is 9.97. The molecule has 2 aromatic rings. The molecule has 2 rings (SSSR count). The van der Waals surface area contributed by atoms with Crippen LogP contribution in [0.2, 0.25) is 0 Å². The monoisotopic (exact) mass is 194 g/mol. The molecule has 0 spiro atoms. The van der Waals surface area contributed by atoms with Crippen LogP contribution in [0.4, 0.5) is 4.39 Å². The molecule has 1 aromatic heterocycles. The summed E-state index contributed by atoms with van der Waals surface area (Å²) in [6.45, 7) is 0.410. The van der Waals surface area contributed by atoms with Gasteiger partial charge in [-0.25, -0.2) is 4.39 Å². The Morgan fingerprint density at radius 3 is 3.07 bits per heavy atom. The van der Waals surface area contributed by atoms with Gasteiger partial charge in [-0.2, -0.15) is 0 Å². The summed E-state index contributed by atoms with van der Waals surface area (Å²) >= 11 is 0. The number of benzene rings is 1. The van der Waals surface area contributed by atoms with E-state index in [0.717, 1.165) is 5.39 Å². The molecule has 0 saturated carbocycles. The van der Waals surface area contributed by atoms with E-state index in [1.54, 1.807) is 12.1 Å². The molecule has 0 N–H and O–H groups in total. The predicted octanol–water partition coefficient (Wildman–Crippen LogP) is 2.24. The summed E-state index contributed by atoms with van der Waals surface area (Å²) in [6.07, 6.45) is 0. The van der Waals surface area contributed by atoms with Crippen molar-refractivity contribution in [2.45, 2.75) is 6.61 Å². The number of hydrogen-bond donors (Lipinski definition) is 0. The van der Waals surface area contributed by atoms with Gasteiger partial charge in [-0.1, -0.05) is 0 Å². The van der Waals surface area contributed by atoms with Crippen molar-refractivity contribution in [3.63, 3.8) is 0 Å². The predicted molar refractivity (Wildman–Crippen MR) is 47.0 cm³/mol. The van der Waals surface area contributed by atoms with Crippen LogP contribution >= 0.6 is 0 Å². The summed E-state index contributed by atoms with van der Waals surface area (Å²) < 4.78 is 22.5. The van der Waals surface area contributed by atoms with Crippen molar-refractivity contribution in [3.8, 4) is 0 Å². The fourth-order valence-corrected chi connectivity index (χ4v) is 1.25. The molecule has 0 saturated heterocycles. The van der Waals surface area contributed by atoms with Gasteiger partial charge in [0.15, 0.2) is 0 Å². The molecular formula is C10H7FO3. The van der Waals surface area contributed by atoms with Crippen molar-refractivity contribution in [3.05, 3.63) is 35.8 Å². The van der Waals surface area contributed by atoms with Crippen molar-refractivity contribution < 1.29 is 18.3 Å². The first-order chi connectivity index (χ1) is 6.79. The molecule has 1 heterocycles. The maximum Gasteiger partial charge on any atom is 0.293 e. The molecule has 14 heavy (non-hydrogen) atoms. The molecule has 3 nitrogen and oxygen atoms in total. The third kappa shape index (κ3) is 1.59. The maximum atomic E-state index is 12.8. The molecule has 0 radical (unpaired) electrons. The summed E-state index contributed by atoms with van der Waals surface area (Å²) in [5.41, 5.74) is 0.453. The van der Waals surface area contributed by atoms with Crippen LogP contribution in [0.3, 0.4) is 0 Å². The molecule has 1 aromatic carbocycles. The summed E-state index contributed by atoms with van der Waals surface area (Å²) in [4.78, 5) is 9.92. The highest BCUT2D eigenvalue weighted by atomic mass is 19.1. The standard InChI is InChI=1S/C10H7FO3/c11-8-2-1-7-3-9(5-13-6-12)14-10(7)4-8/h1-4,6H,5H2. The summed E-state index contributed by atoms with van der Waals surface area (Å²) in [7, 11) is 0. The first-order valence-electron chi connectivity index (χ1n) is 4.03. The second-order valence-electron chi connectivity index (χ2n) is 2.80. The first kappa shape index (κ1) is 8.74. The molecule has 4 heteroatoms. The van der Waals surface area contributed by atoms with Crippen LogP contribution in [0.15, 0.2) is 28.7 Å². The summed E-state index contributed by atoms with van der Waals surface area (Å²) in [5, 5.41) is 0.788. The lowest BCUT2D eigenvalue weighted by Gasteiger charge is -1.91. The van der Waals surface area contributed by atoms with Gasteiger partial charge in [0.1, 0.15) is 23.8 Å². The molecule has 0 bridgehead atoms. The van der Waals surface area contributed by atoms with Crippen LogP contribution < -0.4 is 0 Å². The Balaban J connectivity index is 2.36. The molecule has 0 unspecified atom stereocenters. The molecule has 0 fully saturated rings. The minimum Gasteiger partial charge on any atom is -0.460 e. The molecule has 0 aliphatic heterocycles. The minimum atomic E-state index is -0.352. The largest absolute Gasteiger partial charge is 0.460 e. The lowest BCUT2D eigenvalue weighted by molar-refractivity contribution is -0.130. The van der Waals surface area contributed by atoms with Gasteiger partial charge in [0, 0.05) is 11.5 Å². The summed E-state index contributed by atoms with van der Waals surface area (Å²) in [5.74, 6) is 0.146. The first-order valence-corrected chi connectivity index (χ1v) is 4.03. The zero-order valence-corrected chi connectivity index (χ0v) is 7.20. The Hall–Kier alpha value is -1.84. The number of carbonyl (C=O) groups excluding carboxylic acids is 1. The van der Waals surface area contributed by atoms with Crippen LogP contribution in [0.25, 0.3) is 11.0 Å². The van der Waals surface area contributed by atoms with E-state index < -0.39 is 0 Å². The quantitative estimate of drug-likeness (QED) is 0.703. The van der Waals surface area contributed by atoms with Gasteiger partial charge < -0.3 is 9.15 Å². The number of rotatable bonds is 3. The number of halogens is 1. The number of fused-ring (bicyclic) bond motifs is 1. The van der Waals surface area contributed by atoms with E-state index in [0.29, 0.717) is 17.8 Å². The van der Waals surface area contributed by atoms with Crippen LogP contribution in [-0.2, 0) is 16.1 Å². The van der Waals surface area contributed by atoms with E-state index in [-0.39, 0.29) is 12.4 Å². The van der Waals surface area contributed by atoms with Gasteiger partial charge >= 0.3 is 0 Å². The van der Waals surface area contributed by atoms with Crippen LogP contribution in [-0.4, -0.2) is 6.47 Å².